The van der Waals surface area contributed by atoms with Gasteiger partial charge in [-0.3, -0.25) is 0 Å². The van der Waals surface area contributed by atoms with Crippen LogP contribution in [-0.2, 0) is 0 Å². The van der Waals surface area contributed by atoms with E-state index in [1.54, 1.807) is 0 Å². The van der Waals surface area contributed by atoms with Gasteiger partial charge in [-0.25, -0.2) is 0 Å². The van der Waals surface area contributed by atoms with Crippen LogP contribution < -0.4 is 5.43 Å². The molecule has 0 aliphatic carbocycles. The topological polar surface area (TPSA) is 48.2 Å². The molecule has 0 aliphatic heterocycles. The highest BCUT2D eigenvalue weighted by molar-refractivity contribution is 5.78. The van der Waals surface area contributed by atoms with E-state index in [0.29, 0.717) is 13.0 Å². The van der Waals surface area contributed by atoms with Gasteiger partial charge in [-0.1, -0.05) is 0 Å². The summed E-state index contributed by atoms with van der Waals surface area (Å²) in [6, 6.07) is 2.01. The second kappa shape index (κ2) is 5.10. The summed E-state index contributed by atoms with van der Waals surface area (Å²) in [5.74, 6) is 0. The highest BCUT2D eigenvalue weighted by Crippen LogP contribution is 1.72. The minimum absolute atomic E-state index is 0.511. The lowest BCUT2D eigenvalue weighted by atomic mass is 10.5. The lowest BCUT2D eigenvalue weighted by Crippen LogP contribution is -2.08. The van der Waals surface area contributed by atoms with Crippen LogP contribution >= 0.6 is 0 Å². The lowest BCUT2D eigenvalue weighted by Gasteiger charge is -1.93. The molecule has 0 atom stereocenters. The van der Waals surface area contributed by atoms with Crippen LogP contribution in [0.3, 0.4) is 0 Å². The van der Waals surface area contributed by atoms with Gasteiger partial charge in [-0.2, -0.15) is 10.4 Å². The zero-order chi connectivity index (χ0) is 7.11. The standard InChI is InChI=1S/C6H11N3/c1-6(2)9-8-5-3-4-7/h8H,3,5H2,1-2H3. The van der Waals surface area contributed by atoms with Crippen molar-refractivity contribution in [2.24, 2.45) is 5.10 Å². The zero-order valence-electron chi connectivity index (χ0n) is 5.81. The van der Waals surface area contributed by atoms with E-state index in [9.17, 15) is 0 Å². The molecule has 0 amide bonds. The second-order valence-electron chi connectivity index (χ2n) is 1.88. The van der Waals surface area contributed by atoms with Crippen molar-refractivity contribution in [3.05, 3.63) is 0 Å². The molecule has 0 radical (unpaired) electrons. The first-order chi connectivity index (χ1) is 4.27. The fraction of sp³-hybridized carbons (Fsp3) is 0.667. The van der Waals surface area contributed by atoms with Crippen LogP contribution in [0.15, 0.2) is 5.10 Å². The fourth-order valence-corrected chi connectivity index (χ4v) is 0.326. The van der Waals surface area contributed by atoms with E-state index >= 15 is 0 Å². The van der Waals surface area contributed by atoms with Gasteiger partial charge in [-0.15, -0.1) is 0 Å². The Labute approximate surface area is 55.4 Å². The van der Waals surface area contributed by atoms with E-state index in [2.05, 4.69) is 10.5 Å². The normalized spacial score (nSPS) is 7.67. The molecule has 0 rings (SSSR count). The maximum Gasteiger partial charge on any atom is 0.0640 e. The SMILES string of the molecule is CC(C)=NNCCC#N. The Hall–Kier alpha value is -1.04. The molecule has 0 spiro atoms. The molecule has 9 heavy (non-hydrogen) atoms. The van der Waals surface area contributed by atoms with E-state index < -0.39 is 0 Å². The summed E-state index contributed by atoms with van der Waals surface area (Å²) in [6.07, 6.45) is 0.511. The minimum Gasteiger partial charge on any atom is -0.309 e. The van der Waals surface area contributed by atoms with Crippen molar-refractivity contribution >= 4 is 5.71 Å². The average molecular weight is 125 g/mol. The van der Waals surface area contributed by atoms with Gasteiger partial charge in [-0.05, 0) is 13.8 Å². The fourth-order valence-electron chi connectivity index (χ4n) is 0.326. The molecule has 3 heteroatoms. The van der Waals surface area contributed by atoms with Crippen molar-refractivity contribution < 1.29 is 0 Å². The van der Waals surface area contributed by atoms with Crippen LogP contribution in [0.1, 0.15) is 20.3 Å². The van der Waals surface area contributed by atoms with Crippen molar-refractivity contribution in [2.75, 3.05) is 6.54 Å². The monoisotopic (exact) mass is 125 g/mol. The Kier molecular flexibility index (Phi) is 4.51. The Bertz CT molecular complexity index is 128. The first-order valence-corrected chi connectivity index (χ1v) is 2.88. The van der Waals surface area contributed by atoms with Gasteiger partial charge < -0.3 is 5.43 Å². The van der Waals surface area contributed by atoms with Crippen LogP contribution in [0, 0.1) is 11.3 Å². The summed E-state index contributed by atoms with van der Waals surface area (Å²) in [5, 5.41) is 12.0. The van der Waals surface area contributed by atoms with Gasteiger partial charge in [0.2, 0.25) is 0 Å². The maximum atomic E-state index is 8.09. The van der Waals surface area contributed by atoms with Crippen molar-refractivity contribution in [1.29, 1.82) is 5.26 Å². The number of nitrogens with one attached hydrogen (secondary N) is 1. The van der Waals surface area contributed by atoms with E-state index in [-0.39, 0.29) is 0 Å². The summed E-state index contributed by atoms with van der Waals surface area (Å²) in [6.45, 7) is 4.44. The third-order valence-electron chi connectivity index (χ3n) is 0.651. The Balaban J connectivity index is 3.12. The quantitative estimate of drug-likeness (QED) is 0.346. The number of nitriles is 1. The number of hydrogen-bond acceptors (Lipinski definition) is 3. The predicted molar refractivity (Wildman–Crippen MR) is 37.0 cm³/mol. The summed E-state index contributed by atoms with van der Waals surface area (Å²) < 4.78 is 0. The van der Waals surface area contributed by atoms with Crippen molar-refractivity contribution in [1.82, 2.24) is 5.43 Å². The average Bonchev–Trinajstić information content (AvgIpc) is 1.80. The van der Waals surface area contributed by atoms with Gasteiger partial charge >= 0.3 is 0 Å². The number of hydrazone groups is 1. The van der Waals surface area contributed by atoms with E-state index in [0.717, 1.165) is 5.71 Å². The smallest absolute Gasteiger partial charge is 0.0640 e. The van der Waals surface area contributed by atoms with Crippen LogP contribution in [0.5, 0.6) is 0 Å². The zero-order valence-corrected chi connectivity index (χ0v) is 5.81. The van der Waals surface area contributed by atoms with Crippen LogP contribution in [0.2, 0.25) is 0 Å². The molecule has 0 unspecified atom stereocenters. The predicted octanol–water partition coefficient (Wildman–Crippen LogP) is 0.885. The minimum atomic E-state index is 0.511. The van der Waals surface area contributed by atoms with Crippen molar-refractivity contribution in [3.8, 4) is 6.07 Å². The first kappa shape index (κ1) is 7.96. The van der Waals surface area contributed by atoms with Crippen LogP contribution in [-0.4, -0.2) is 12.3 Å². The molecule has 1 N–H and O–H groups in total. The lowest BCUT2D eigenvalue weighted by molar-refractivity contribution is 0.745. The number of hydrogen-bond donors (Lipinski definition) is 1. The van der Waals surface area contributed by atoms with E-state index in [1.807, 2.05) is 19.9 Å². The first-order valence-electron chi connectivity index (χ1n) is 2.88. The van der Waals surface area contributed by atoms with Gasteiger partial charge in [0.25, 0.3) is 0 Å². The number of nitrogens with zero attached hydrogens (tertiary/aromatic N) is 2. The molecular formula is C6H11N3. The van der Waals surface area contributed by atoms with E-state index in [4.69, 9.17) is 5.26 Å². The summed E-state index contributed by atoms with van der Waals surface area (Å²) in [7, 11) is 0. The van der Waals surface area contributed by atoms with Crippen LogP contribution in [0.25, 0.3) is 0 Å². The summed E-state index contributed by atoms with van der Waals surface area (Å²) >= 11 is 0. The largest absolute Gasteiger partial charge is 0.309 e. The Morgan fingerprint density at radius 1 is 1.67 bits per heavy atom. The molecule has 0 saturated carbocycles. The number of rotatable bonds is 3. The molecule has 0 aromatic carbocycles. The van der Waals surface area contributed by atoms with Gasteiger partial charge in [0.1, 0.15) is 0 Å². The van der Waals surface area contributed by atoms with E-state index in [1.165, 1.54) is 0 Å². The Morgan fingerprint density at radius 2 is 2.33 bits per heavy atom. The molecule has 0 heterocycles. The van der Waals surface area contributed by atoms with Crippen LogP contribution in [0.4, 0.5) is 0 Å². The summed E-state index contributed by atoms with van der Waals surface area (Å²) in [5.41, 5.74) is 3.73. The molecule has 3 nitrogen and oxygen atoms in total. The maximum absolute atomic E-state index is 8.09. The molecule has 0 aromatic heterocycles. The van der Waals surface area contributed by atoms with Crippen molar-refractivity contribution in [3.63, 3.8) is 0 Å². The van der Waals surface area contributed by atoms with Gasteiger partial charge in [0, 0.05) is 12.3 Å². The molecule has 0 aliphatic rings. The second-order valence-corrected chi connectivity index (χ2v) is 1.88. The molecule has 50 valence electrons. The Morgan fingerprint density at radius 3 is 2.78 bits per heavy atom. The molecular weight excluding hydrogens is 114 g/mol. The highest BCUT2D eigenvalue weighted by atomic mass is 15.3. The van der Waals surface area contributed by atoms with Gasteiger partial charge in [0.15, 0.2) is 0 Å². The highest BCUT2D eigenvalue weighted by Gasteiger charge is 1.78. The molecule has 0 bridgehead atoms. The third kappa shape index (κ3) is 6.96. The third-order valence-corrected chi connectivity index (χ3v) is 0.651. The van der Waals surface area contributed by atoms with Crippen molar-refractivity contribution in [2.45, 2.75) is 20.3 Å². The molecule has 0 saturated heterocycles. The molecule has 0 aromatic rings. The summed E-state index contributed by atoms with van der Waals surface area (Å²) in [4.78, 5) is 0. The van der Waals surface area contributed by atoms with Gasteiger partial charge in [0.05, 0.1) is 12.5 Å². The molecule has 0 fully saturated rings.